The molecule has 0 aliphatic carbocycles. The van der Waals surface area contributed by atoms with E-state index in [-0.39, 0.29) is 29.6 Å². The average Bonchev–Trinajstić information content (AvgIpc) is 2.87. The molecule has 4 rings (SSSR count). The van der Waals surface area contributed by atoms with Crippen LogP contribution >= 0.6 is 0 Å². The van der Waals surface area contributed by atoms with Crippen molar-refractivity contribution in [1.82, 2.24) is 9.97 Å². The fraction of sp³-hybridized carbons (Fsp3) is 0.346. The van der Waals surface area contributed by atoms with Crippen LogP contribution in [0.5, 0.6) is 5.75 Å². The van der Waals surface area contributed by atoms with Crippen molar-refractivity contribution in [3.05, 3.63) is 81.9 Å². The third kappa shape index (κ3) is 5.93. The van der Waals surface area contributed by atoms with Crippen LogP contribution in [0.25, 0.3) is 0 Å². The first kappa shape index (κ1) is 30.9. The van der Waals surface area contributed by atoms with E-state index in [0.717, 1.165) is 17.2 Å². The molecule has 1 aliphatic rings. The molecule has 1 aliphatic heterocycles. The molecule has 0 saturated carbocycles. The molecule has 16 heteroatoms. The molecule has 1 amide bonds. The van der Waals surface area contributed by atoms with Crippen LogP contribution < -0.4 is 10.6 Å². The smallest absolute Gasteiger partial charge is 0.416 e. The van der Waals surface area contributed by atoms with Gasteiger partial charge in [-0.1, -0.05) is 6.92 Å². The molecular weight excluding hydrogens is 587 g/mol. The summed E-state index contributed by atoms with van der Waals surface area (Å²) in [6.07, 6.45) is -16.4. The van der Waals surface area contributed by atoms with E-state index in [0.29, 0.717) is 24.3 Å². The Bertz CT molecular complexity index is 1470. The molecule has 7 nitrogen and oxygen atoms in total. The highest BCUT2D eigenvalue weighted by Crippen LogP contribution is 2.44. The minimum atomic E-state index is -5.13. The van der Waals surface area contributed by atoms with E-state index in [1.807, 2.05) is 0 Å². The number of amides is 1. The summed E-state index contributed by atoms with van der Waals surface area (Å²) < 4.78 is 121. The van der Waals surface area contributed by atoms with Crippen molar-refractivity contribution in [2.75, 3.05) is 4.90 Å². The first-order valence-electron chi connectivity index (χ1n) is 12.1. The molecule has 1 aromatic heterocycles. The molecule has 4 N–H and O–H groups in total. The SMILES string of the molecule is CCC1C(N)C(c2ncc(O)c(Cc3cc(C(F)(F)F)cc(C(F)(F)F)c3)n2)c2cc(C(F)(F)F)ccc2N1C(=O)O. The largest absolute Gasteiger partial charge is 0.504 e. The number of fused-ring (bicyclic) bond motifs is 1. The van der Waals surface area contributed by atoms with Crippen molar-refractivity contribution in [2.45, 2.75) is 56.3 Å². The Labute approximate surface area is 231 Å². The van der Waals surface area contributed by atoms with Gasteiger partial charge in [0.2, 0.25) is 0 Å². The highest BCUT2D eigenvalue weighted by atomic mass is 19.4. The van der Waals surface area contributed by atoms with E-state index >= 15 is 0 Å². The van der Waals surface area contributed by atoms with Crippen LogP contribution in [-0.4, -0.2) is 38.4 Å². The van der Waals surface area contributed by atoms with Gasteiger partial charge in [-0.2, -0.15) is 39.5 Å². The van der Waals surface area contributed by atoms with Crippen LogP contribution in [0.4, 0.5) is 50.0 Å². The number of hydrogen-bond donors (Lipinski definition) is 3. The lowest BCUT2D eigenvalue weighted by Crippen LogP contribution is -2.56. The van der Waals surface area contributed by atoms with Gasteiger partial charge in [-0.05, 0) is 53.9 Å². The fourth-order valence-electron chi connectivity index (χ4n) is 5.01. The Kier molecular flexibility index (Phi) is 7.82. The predicted molar refractivity (Wildman–Crippen MR) is 129 cm³/mol. The van der Waals surface area contributed by atoms with Gasteiger partial charge in [-0.15, -0.1) is 0 Å². The van der Waals surface area contributed by atoms with Crippen molar-refractivity contribution >= 4 is 11.8 Å². The minimum absolute atomic E-state index is 0.0654. The van der Waals surface area contributed by atoms with Crippen LogP contribution in [0.2, 0.25) is 0 Å². The van der Waals surface area contributed by atoms with Gasteiger partial charge in [0.15, 0.2) is 5.75 Å². The van der Waals surface area contributed by atoms with E-state index in [9.17, 15) is 54.5 Å². The topological polar surface area (TPSA) is 113 Å². The zero-order valence-electron chi connectivity index (χ0n) is 21.3. The summed E-state index contributed by atoms with van der Waals surface area (Å²) in [5.74, 6) is -2.32. The second-order valence-corrected chi connectivity index (χ2v) is 9.61. The van der Waals surface area contributed by atoms with Crippen LogP contribution in [0.15, 0.2) is 42.6 Å². The molecule has 3 aromatic rings. The number of rotatable bonds is 4. The highest BCUT2D eigenvalue weighted by Gasteiger charge is 2.45. The number of aromatic nitrogens is 2. The molecule has 0 bridgehead atoms. The molecule has 2 aromatic carbocycles. The number of carbonyl (C=O) groups is 1. The van der Waals surface area contributed by atoms with Crippen LogP contribution in [0.3, 0.4) is 0 Å². The Morgan fingerprint density at radius 2 is 1.50 bits per heavy atom. The molecule has 226 valence electrons. The number of nitrogens with zero attached hydrogens (tertiary/aromatic N) is 3. The second-order valence-electron chi connectivity index (χ2n) is 9.61. The van der Waals surface area contributed by atoms with E-state index in [2.05, 4.69) is 9.97 Å². The zero-order chi connectivity index (χ0) is 31.4. The first-order chi connectivity index (χ1) is 19.3. The Hall–Kier alpha value is -4.08. The average molecular weight is 608 g/mol. The molecule has 2 heterocycles. The fourth-order valence-corrected chi connectivity index (χ4v) is 5.01. The number of carboxylic acid groups (broad SMARTS) is 1. The van der Waals surface area contributed by atoms with Crippen molar-refractivity contribution in [3.8, 4) is 5.75 Å². The molecule has 0 fully saturated rings. The van der Waals surface area contributed by atoms with Gasteiger partial charge in [0.25, 0.3) is 0 Å². The van der Waals surface area contributed by atoms with Gasteiger partial charge in [-0.3, -0.25) is 4.90 Å². The predicted octanol–water partition coefficient (Wildman–Crippen LogP) is 6.57. The lowest BCUT2D eigenvalue weighted by Gasteiger charge is -2.43. The van der Waals surface area contributed by atoms with Crippen LogP contribution in [0, 0.1) is 0 Å². The van der Waals surface area contributed by atoms with Gasteiger partial charge < -0.3 is 15.9 Å². The number of benzene rings is 2. The number of hydrogen-bond acceptors (Lipinski definition) is 5. The van der Waals surface area contributed by atoms with E-state index < -0.39 is 82.7 Å². The Morgan fingerprint density at radius 1 is 0.929 bits per heavy atom. The monoisotopic (exact) mass is 608 g/mol. The third-order valence-electron chi connectivity index (χ3n) is 6.90. The van der Waals surface area contributed by atoms with Crippen LogP contribution in [-0.2, 0) is 24.9 Å². The highest BCUT2D eigenvalue weighted by molar-refractivity contribution is 5.89. The van der Waals surface area contributed by atoms with Crippen molar-refractivity contribution in [3.63, 3.8) is 0 Å². The quantitative estimate of drug-likeness (QED) is 0.289. The first-order valence-corrected chi connectivity index (χ1v) is 12.1. The summed E-state index contributed by atoms with van der Waals surface area (Å²) in [7, 11) is 0. The Morgan fingerprint density at radius 3 is 2.00 bits per heavy atom. The third-order valence-corrected chi connectivity index (χ3v) is 6.90. The summed E-state index contributed by atoms with van der Waals surface area (Å²) in [5, 5.41) is 20.2. The van der Waals surface area contributed by atoms with Crippen molar-refractivity contribution < 1.29 is 54.5 Å². The summed E-state index contributed by atoms with van der Waals surface area (Å²) in [5.41, 5.74) is 0.729. The number of anilines is 1. The lowest BCUT2D eigenvalue weighted by molar-refractivity contribution is -0.143. The normalized spacial score (nSPS) is 19.5. The van der Waals surface area contributed by atoms with Crippen molar-refractivity contribution in [1.29, 1.82) is 0 Å². The molecule has 0 spiro atoms. The summed E-state index contributed by atoms with van der Waals surface area (Å²) in [4.78, 5) is 21.0. The van der Waals surface area contributed by atoms with Gasteiger partial charge in [0.05, 0.1) is 46.2 Å². The zero-order valence-corrected chi connectivity index (χ0v) is 21.3. The van der Waals surface area contributed by atoms with E-state index in [1.165, 1.54) is 0 Å². The maximum atomic E-state index is 13.6. The van der Waals surface area contributed by atoms with Gasteiger partial charge in [0.1, 0.15) is 5.82 Å². The molecule has 42 heavy (non-hydrogen) atoms. The summed E-state index contributed by atoms with van der Waals surface area (Å²) in [6, 6.07) is 0.947. The van der Waals surface area contributed by atoms with Crippen molar-refractivity contribution in [2.24, 2.45) is 5.73 Å². The number of alkyl halides is 9. The van der Waals surface area contributed by atoms with Gasteiger partial charge in [0, 0.05) is 12.5 Å². The minimum Gasteiger partial charge on any atom is -0.504 e. The van der Waals surface area contributed by atoms with E-state index in [4.69, 9.17) is 5.73 Å². The van der Waals surface area contributed by atoms with E-state index in [1.54, 1.807) is 6.92 Å². The summed E-state index contributed by atoms with van der Waals surface area (Å²) in [6.45, 7) is 1.58. The summed E-state index contributed by atoms with van der Waals surface area (Å²) >= 11 is 0. The number of aromatic hydroxyl groups is 1. The number of halogens is 9. The standard InChI is InChI=1S/C26H21F9N4O3/c1-2-17-21(36)20(15-9-12(24(27,28)29)3-4-18(15)39(17)23(41)42)22-37-10-19(40)16(38-22)7-11-5-13(25(30,31)32)8-14(6-11)26(33,34)35/h3-6,8-10,17,20-21,40H,2,7,36H2,1H3,(H,41,42). The molecule has 0 saturated heterocycles. The van der Waals surface area contributed by atoms with Gasteiger partial charge >= 0.3 is 24.6 Å². The molecular formula is C26H21F9N4O3. The maximum absolute atomic E-state index is 13.6. The maximum Gasteiger partial charge on any atom is 0.416 e. The van der Waals surface area contributed by atoms with Gasteiger partial charge in [-0.25, -0.2) is 14.8 Å². The molecule has 0 radical (unpaired) electrons. The number of nitrogens with two attached hydrogens (primary N) is 1. The van der Waals surface area contributed by atoms with Crippen LogP contribution in [0.1, 0.15) is 58.6 Å². The lowest BCUT2D eigenvalue weighted by atomic mass is 9.79. The molecule has 3 atom stereocenters. The molecule has 3 unspecified atom stereocenters. The Balaban J connectivity index is 1.87. The second kappa shape index (κ2) is 10.6.